The van der Waals surface area contributed by atoms with Crippen LogP contribution in [0.3, 0.4) is 0 Å². The summed E-state index contributed by atoms with van der Waals surface area (Å²) in [6, 6.07) is 6.13. The first-order valence-corrected chi connectivity index (χ1v) is 4.58. The molecule has 0 nitrogen and oxygen atoms in total. The summed E-state index contributed by atoms with van der Waals surface area (Å²) in [6.45, 7) is 4.02. The topological polar surface area (TPSA) is 0 Å². The lowest BCUT2D eigenvalue weighted by Gasteiger charge is -2.02. The zero-order valence-corrected chi connectivity index (χ0v) is 8.92. The summed E-state index contributed by atoms with van der Waals surface area (Å²) in [5.41, 5.74) is 2.40. The molecule has 58 valence electrons. The highest BCUT2D eigenvalue weighted by molar-refractivity contribution is 9.10. The molecule has 0 radical (unpaired) electrons. The number of rotatable bonds is 1. The molecule has 0 N–H and O–H groups in total. The van der Waals surface area contributed by atoms with Crippen LogP contribution in [0.5, 0.6) is 0 Å². The van der Waals surface area contributed by atoms with Gasteiger partial charge in [-0.25, -0.2) is 0 Å². The van der Waals surface area contributed by atoms with Gasteiger partial charge in [0.25, 0.3) is 0 Å². The first-order valence-electron chi connectivity index (χ1n) is 3.38. The third-order valence-corrected chi connectivity index (χ3v) is 2.28. The summed E-state index contributed by atoms with van der Waals surface area (Å²) in [7, 11) is 0. The van der Waals surface area contributed by atoms with E-state index < -0.39 is 0 Å². The number of benzene rings is 1. The van der Waals surface area contributed by atoms with Crippen LogP contribution in [-0.4, -0.2) is 4.86 Å². The summed E-state index contributed by atoms with van der Waals surface area (Å²) in [4.78, 5) is 0.954. The van der Waals surface area contributed by atoms with Crippen LogP contribution in [0.2, 0.25) is 0 Å². The largest absolute Gasteiger partial charge is 0.0846 e. The molecule has 0 fully saturated rings. The van der Waals surface area contributed by atoms with Crippen molar-refractivity contribution in [1.82, 2.24) is 0 Å². The Morgan fingerprint density at radius 3 is 2.55 bits per heavy atom. The smallest absolute Gasteiger partial charge is 0.0196 e. The van der Waals surface area contributed by atoms with Crippen LogP contribution >= 0.6 is 28.1 Å². The van der Waals surface area contributed by atoms with Crippen LogP contribution in [0, 0.1) is 6.92 Å². The van der Waals surface area contributed by atoms with Gasteiger partial charge in [0.15, 0.2) is 0 Å². The van der Waals surface area contributed by atoms with Crippen molar-refractivity contribution in [3.63, 3.8) is 0 Å². The van der Waals surface area contributed by atoms with E-state index in [4.69, 9.17) is 12.2 Å². The molecule has 0 unspecified atom stereocenters. The van der Waals surface area contributed by atoms with Gasteiger partial charge < -0.3 is 0 Å². The fourth-order valence-corrected chi connectivity index (χ4v) is 1.73. The predicted molar refractivity (Wildman–Crippen MR) is 56.3 cm³/mol. The summed E-state index contributed by atoms with van der Waals surface area (Å²) in [5, 5.41) is 0. The molecule has 0 spiro atoms. The Hall–Kier alpha value is -0.210. The van der Waals surface area contributed by atoms with Gasteiger partial charge in [0.1, 0.15) is 0 Å². The highest BCUT2D eigenvalue weighted by atomic mass is 79.9. The first kappa shape index (κ1) is 8.88. The molecule has 1 aromatic rings. The molecular formula is C9H9BrS. The predicted octanol–water partition coefficient (Wildman–Crippen LogP) is 3.50. The van der Waals surface area contributed by atoms with Gasteiger partial charge >= 0.3 is 0 Å². The number of hydrogen-bond acceptors (Lipinski definition) is 1. The van der Waals surface area contributed by atoms with Crippen molar-refractivity contribution in [2.45, 2.75) is 13.8 Å². The normalized spacial score (nSPS) is 9.73. The average molecular weight is 229 g/mol. The Bertz CT molecular complexity index is 292. The Balaban J connectivity index is 3.20. The molecule has 0 aliphatic carbocycles. The van der Waals surface area contributed by atoms with E-state index in [-0.39, 0.29) is 0 Å². The number of thiocarbonyl (C=S) groups is 1. The van der Waals surface area contributed by atoms with E-state index in [0.717, 1.165) is 9.34 Å². The van der Waals surface area contributed by atoms with Crippen molar-refractivity contribution in [3.05, 3.63) is 33.8 Å². The van der Waals surface area contributed by atoms with Crippen molar-refractivity contribution in [2.24, 2.45) is 0 Å². The van der Waals surface area contributed by atoms with E-state index in [2.05, 4.69) is 28.9 Å². The summed E-state index contributed by atoms with van der Waals surface area (Å²) in [6.07, 6.45) is 0. The van der Waals surface area contributed by atoms with Crippen LogP contribution in [-0.2, 0) is 0 Å². The van der Waals surface area contributed by atoms with Crippen LogP contribution in [0.4, 0.5) is 0 Å². The third kappa shape index (κ3) is 2.11. The van der Waals surface area contributed by atoms with E-state index in [9.17, 15) is 0 Å². The van der Waals surface area contributed by atoms with E-state index in [1.165, 1.54) is 11.1 Å². The van der Waals surface area contributed by atoms with Crippen molar-refractivity contribution in [3.8, 4) is 0 Å². The average Bonchev–Trinajstić information content (AvgIpc) is 1.85. The molecule has 0 saturated heterocycles. The highest BCUT2D eigenvalue weighted by Crippen LogP contribution is 2.16. The molecule has 0 saturated carbocycles. The summed E-state index contributed by atoms with van der Waals surface area (Å²) in [5.74, 6) is 0. The van der Waals surface area contributed by atoms with Gasteiger partial charge in [-0.3, -0.25) is 0 Å². The summed E-state index contributed by atoms with van der Waals surface area (Å²) >= 11 is 8.48. The SMILES string of the molecule is CC(=S)c1ccc(Br)cc1C. The Kier molecular flexibility index (Phi) is 2.79. The zero-order chi connectivity index (χ0) is 8.43. The van der Waals surface area contributed by atoms with Crippen molar-refractivity contribution in [1.29, 1.82) is 0 Å². The molecule has 0 heterocycles. The molecule has 2 heteroatoms. The number of hydrogen-bond donors (Lipinski definition) is 0. The Labute approximate surface area is 80.8 Å². The Morgan fingerprint density at radius 1 is 1.45 bits per heavy atom. The lowest BCUT2D eigenvalue weighted by Crippen LogP contribution is -1.93. The molecule has 0 aliphatic heterocycles. The number of halogens is 1. The molecule has 11 heavy (non-hydrogen) atoms. The van der Waals surface area contributed by atoms with Crippen LogP contribution < -0.4 is 0 Å². The molecule has 1 rings (SSSR count). The third-order valence-electron chi connectivity index (χ3n) is 1.57. The van der Waals surface area contributed by atoms with E-state index in [1.807, 2.05) is 19.1 Å². The number of aryl methyl sites for hydroxylation is 1. The van der Waals surface area contributed by atoms with Crippen LogP contribution in [0.25, 0.3) is 0 Å². The second-order valence-corrected chi connectivity index (χ2v) is 4.04. The molecule has 0 amide bonds. The van der Waals surface area contributed by atoms with Gasteiger partial charge in [-0.15, -0.1) is 0 Å². The molecule has 1 aromatic carbocycles. The van der Waals surface area contributed by atoms with Gasteiger partial charge in [0, 0.05) is 9.34 Å². The first-order chi connectivity index (χ1) is 5.11. The molecule has 0 aliphatic rings. The molecule has 0 aromatic heterocycles. The van der Waals surface area contributed by atoms with Crippen molar-refractivity contribution in [2.75, 3.05) is 0 Å². The minimum absolute atomic E-state index is 0.954. The minimum atomic E-state index is 0.954. The Morgan fingerprint density at radius 2 is 2.09 bits per heavy atom. The molecular weight excluding hydrogens is 220 g/mol. The molecule has 0 bridgehead atoms. The second kappa shape index (κ2) is 3.46. The van der Waals surface area contributed by atoms with Crippen molar-refractivity contribution >= 4 is 33.0 Å². The van der Waals surface area contributed by atoms with E-state index in [0.29, 0.717) is 0 Å². The zero-order valence-electron chi connectivity index (χ0n) is 6.52. The summed E-state index contributed by atoms with van der Waals surface area (Å²) < 4.78 is 1.11. The van der Waals surface area contributed by atoms with Crippen molar-refractivity contribution < 1.29 is 0 Å². The van der Waals surface area contributed by atoms with Crippen LogP contribution in [0.1, 0.15) is 18.1 Å². The highest BCUT2D eigenvalue weighted by Gasteiger charge is 1.99. The van der Waals surface area contributed by atoms with Gasteiger partial charge in [0.05, 0.1) is 0 Å². The monoisotopic (exact) mass is 228 g/mol. The fourth-order valence-electron chi connectivity index (χ4n) is 1.02. The van der Waals surface area contributed by atoms with E-state index in [1.54, 1.807) is 0 Å². The standard InChI is InChI=1S/C9H9BrS/c1-6-5-8(10)3-4-9(6)7(2)11/h3-5H,1-2H3. The maximum atomic E-state index is 5.08. The lowest BCUT2D eigenvalue weighted by molar-refractivity contribution is 1.42. The fraction of sp³-hybridized carbons (Fsp3) is 0.222. The second-order valence-electron chi connectivity index (χ2n) is 2.52. The van der Waals surface area contributed by atoms with E-state index >= 15 is 0 Å². The van der Waals surface area contributed by atoms with Gasteiger partial charge in [-0.05, 0) is 37.1 Å². The lowest BCUT2D eigenvalue weighted by atomic mass is 10.1. The molecule has 0 atom stereocenters. The van der Waals surface area contributed by atoms with Gasteiger partial charge in [-0.2, -0.15) is 0 Å². The quantitative estimate of drug-likeness (QED) is 0.524. The maximum absolute atomic E-state index is 5.08. The van der Waals surface area contributed by atoms with Gasteiger partial charge in [0.2, 0.25) is 0 Å². The van der Waals surface area contributed by atoms with Gasteiger partial charge in [-0.1, -0.05) is 34.2 Å². The minimum Gasteiger partial charge on any atom is -0.0846 e. The van der Waals surface area contributed by atoms with Crippen LogP contribution in [0.15, 0.2) is 22.7 Å². The maximum Gasteiger partial charge on any atom is 0.0196 e.